The number of rotatable bonds is 13. The Morgan fingerprint density at radius 1 is 0.912 bits per heavy atom. The number of unbranched alkanes of at least 4 members (excludes halogenated alkanes) is 1. The fraction of sp³-hybridized carbons (Fsp3) is 0.667. The number of nitrogens with one attached hydrogen (secondary N) is 3. The third kappa shape index (κ3) is 16.2. The standard InChI is InChI=1S/C16H28N4O7.C2HF3O2/c1-9(2)14(16(26)27)20-15(25)10(7-13(23)24)19-12(22)8-18-11(21)5-3-4-6-17;3-2(4,5)1(6)7/h9-10,14H,3-8,17H2,1-2H3,(H,18,21)(H,19,22)(H,20,25)(H,23,24)(H,26,27);(H,6,7)/t10-,14-;/m0./s1. The summed E-state index contributed by atoms with van der Waals surface area (Å²) in [5.74, 6) is -7.89. The molecular weight excluding hydrogens is 473 g/mol. The van der Waals surface area contributed by atoms with Crippen molar-refractivity contribution in [3.63, 3.8) is 0 Å². The zero-order valence-corrected chi connectivity index (χ0v) is 18.5. The summed E-state index contributed by atoms with van der Waals surface area (Å²) in [7, 11) is 0. The molecule has 0 saturated heterocycles. The smallest absolute Gasteiger partial charge is 0.481 e. The van der Waals surface area contributed by atoms with Gasteiger partial charge in [0.05, 0.1) is 13.0 Å². The van der Waals surface area contributed by atoms with Crippen LogP contribution in [0.15, 0.2) is 0 Å². The highest BCUT2D eigenvalue weighted by molar-refractivity contribution is 5.94. The lowest BCUT2D eigenvalue weighted by molar-refractivity contribution is -0.192. The highest BCUT2D eigenvalue weighted by atomic mass is 19.4. The van der Waals surface area contributed by atoms with Gasteiger partial charge >= 0.3 is 24.1 Å². The van der Waals surface area contributed by atoms with E-state index < -0.39 is 66.9 Å². The van der Waals surface area contributed by atoms with Crippen molar-refractivity contribution in [2.75, 3.05) is 13.1 Å². The van der Waals surface area contributed by atoms with Gasteiger partial charge in [-0.2, -0.15) is 13.2 Å². The van der Waals surface area contributed by atoms with E-state index in [2.05, 4.69) is 16.0 Å². The number of aliphatic carboxylic acids is 3. The van der Waals surface area contributed by atoms with Crippen molar-refractivity contribution in [3.8, 4) is 0 Å². The molecule has 0 aromatic rings. The molecule has 0 aromatic carbocycles. The third-order valence-electron chi connectivity index (χ3n) is 3.81. The second-order valence-corrected chi connectivity index (χ2v) is 7.11. The maximum atomic E-state index is 12.2. The van der Waals surface area contributed by atoms with E-state index in [9.17, 15) is 37.1 Å². The SMILES string of the molecule is CC(C)[C@H](NC(=O)[C@H](CC(=O)O)NC(=O)CNC(=O)CCCCN)C(=O)O.O=C(O)C(F)(F)F. The molecule has 196 valence electrons. The van der Waals surface area contributed by atoms with Gasteiger partial charge in [0.1, 0.15) is 12.1 Å². The van der Waals surface area contributed by atoms with Crippen molar-refractivity contribution in [2.24, 2.45) is 11.7 Å². The monoisotopic (exact) mass is 502 g/mol. The second-order valence-electron chi connectivity index (χ2n) is 7.11. The maximum absolute atomic E-state index is 12.2. The van der Waals surface area contributed by atoms with Crippen LogP contribution in [0.25, 0.3) is 0 Å². The fourth-order valence-electron chi connectivity index (χ4n) is 2.09. The van der Waals surface area contributed by atoms with Gasteiger partial charge in [-0.05, 0) is 25.3 Å². The predicted octanol–water partition coefficient (Wildman–Crippen LogP) is -0.950. The number of hydrogen-bond donors (Lipinski definition) is 7. The van der Waals surface area contributed by atoms with Crippen LogP contribution in [0.5, 0.6) is 0 Å². The van der Waals surface area contributed by atoms with Crippen LogP contribution in [-0.2, 0) is 28.8 Å². The summed E-state index contributed by atoms with van der Waals surface area (Å²) in [4.78, 5) is 66.6. The van der Waals surface area contributed by atoms with Crippen molar-refractivity contribution in [3.05, 3.63) is 0 Å². The lowest BCUT2D eigenvalue weighted by atomic mass is 10.0. The molecule has 0 bridgehead atoms. The molecule has 13 nitrogen and oxygen atoms in total. The molecule has 0 aliphatic carbocycles. The molecule has 8 N–H and O–H groups in total. The van der Waals surface area contributed by atoms with Crippen LogP contribution < -0.4 is 21.7 Å². The Morgan fingerprint density at radius 2 is 1.44 bits per heavy atom. The summed E-state index contributed by atoms with van der Waals surface area (Å²) in [5, 5.41) is 31.9. The number of hydrogen-bond acceptors (Lipinski definition) is 7. The van der Waals surface area contributed by atoms with Gasteiger partial charge < -0.3 is 37.0 Å². The number of nitrogens with two attached hydrogens (primary N) is 1. The Morgan fingerprint density at radius 3 is 1.82 bits per heavy atom. The maximum Gasteiger partial charge on any atom is 0.490 e. The van der Waals surface area contributed by atoms with Gasteiger partial charge in [0, 0.05) is 6.42 Å². The van der Waals surface area contributed by atoms with E-state index in [1.807, 2.05) is 0 Å². The van der Waals surface area contributed by atoms with Crippen LogP contribution in [0, 0.1) is 5.92 Å². The summed E-state index contributed by atoms with van der Waals surface area (Å²) in [6, 6.07) is -2.70. The van der Waals surface area contributed by atoms with Crippen molar-refractivity contribution in [1.82, 2.24) is 16.0 Å². The van der Waals surface area contributed by atoms with Crippen LogP contribution in [0.3, 0.4) is 0 Å². The van der Waals surface area contributed by atoms with E-state index in [1.165, 1.54) is 0 Å². The molecule has 3 amide bonds. The van der Waals surface area contributed by atoms with Crippen molar-refractivity contribution in [1.29, 1.82) is 0 Å². The number of carbonyl (C=O) groups excluding carboxylic acids is 3. The summed E-state index contributed by atoms with van der Waals surface area (Å²) in [6.07, 6.45) is -4.38. The number of carboxylic acid groups (broad SMARTS) is 3. The van der Waals surface area contributed by atoms with E-state index in [4.69, 9.17) is 25.8 Å². The highest BCUT2D eigenvalue weighted by Crippen LogP contribution is 2.13. The number of amides is 3. The Balaban J connectivity index is 0. The molecule has 0 rings (SSSR count). The van der Waals surface area contributed by atoms with Crippen LogP contribution in [0.1, 0.15) is 39.5 Å². The molecule has 34 heavy (non-hydrogen) atoms. The average Bonchev–Trinajstić information content (AvgIpc) is 2.68. The zero-order valence-electron chi connectivity index (χ0n) is 18.5. The first-order chi connectivity index (χ1) is 15.5. The van der Waals surface area contributed by atoms with Crippen LogP contribution >= 0.6 is 0 Å². The van der Waals surface area contributed by atoms with E-state index >= 15 is 0 Å². The van der Waals surface area contributed by atoms with Crippen molar-refractivity contribution >= 4 is 35.6 Å². The molecule has 0 fully saturated rings. The highest BCUT2D eigenvalue weighted by Gasteiger charge is 2.38. The largest absolute Gasteiger partial charge is 0.490 e. The molecule has 0 radical (unpaired) electrons. The van der Waals surface area contributed by atoms with Gasteiger partial charge in [-0.25, -0.2) is 9.59 Å². The summed E-state index contributed by atoms with van der Waals surface area (Å²) in [6.45, 7) is 3.17. The lowest BCUT2D eigenvalue weighted by Crippen LogP contribution is -2.54. The third-order valence-corrected chi connectivity index (χ3v) is 3.81. The average molecular weight is 502 g/mol. The predicted molar refractivity (Wildman–Crippen MR) is 108 cm³/mol. The molecule has 0 aliphatic rings. The van der Waals surface area contributed by atoms with E-state index in [0.29, 0.717) is 19.4 Å². The van der Waals surface area contributed by atoms with Gasteiger partial charge in [-0.3, -0.25) is 19.2 Å². The van der Waals surface area contributed by atoms with Crippen molar-refractivity contribution < 1.29 is 57.3 Å². The van der Waals surface area contributed by atoms with Gasteiger partial charge in [0.15, 0.2) is 0 Å². The Hall–Kier alpha value is -3.43. The molecular formula is C18H29F3N4O9. The van der Waals surface area contributed by atoms with Crippen LogP contribution in [-0.4, -0.2) is 82.3 Å². The number of carbonyl (C=O) groups is 6. The lowest BCUT2D eigenvalue weighted by Gasteiger charge is -2.22. The molecule has 2 atom stereocenters. The summed E-state index contributed by atoms with van der Waals surface area (Å²) >= 11 is 0. The first-order valence-corrected chi connectivity index (χ1v) is 9.84. The Kier molecular flexibility index (Phi) is 15.6. The molecule has 0 unspecified atom stereocenters. The Bertz CT molecular complexity index is 730. The fourth-order valence-corrected chi connectivity index (χ4v) is 2.09. The van der Waals surface area contributed by atoms with Gasteiger partial charge in [-0.15, -0.1) is 0 Å². The summed E-state index contributed by atoms with van der Waals surface area (Å²) in [5.41, 5.74) is 5.31. The minimum atomic E-state index is -5.08. The van der Waals surface area contributed by atoms with E-state index in [0.717, 1.165) is 0 Å². The number of halogens is 3. The molecule has 16 heteroatoms. The summed E-state index contributed by atoms with van der Waals surface area (Å²) < 4.78 is 31.7. The topological polar surface area (TPSA) is 225 Å². The van der Waals surface area contributed by atoms with Crippen LogP contribution in [0.2, 0.25) is 0 Å². The van der Waals surface area contributed by atoms with E-state index in [-0.39, 0.29) is 12.3 Å². The van der Waals surface area contributed by atoms with Gasteiger partial charge in [-0.1, -0.05) is 13.8 Å². The molecule has 0 aromatic heterocycles. The normalized spacial score (nSPS) is 12.4. The Labute approximate surface area is 192 Å². The molecule has 0 heterocycles. The minimum Gasteiger partial charge on any atom is -0.481 e. The van der Waals surface area contributed by atoms with Gasteiger partial charge in [0.25, 0.3) is 0 Å². The molecule has 0 aliphatic heterocycles. The van der Waals surface area contributed by atoms with Crippen molar-refractivity contribution in [2.45, 2.75) is 57.8 Å². The first-order valence-electron chi connectivity index (χ1n) is 9.84. The van der Waals surface area contributed by atoms with E-state index in [1.54, 1.807) is 13.8 Å². The molecule has 0 saturated carbocycles. The molecule has 0 spiro atoms. The number of carboxylic acids is 3. The first kappa shape index (κ1) is 32.7. The second kappa shape index (κ2) is 16.2. The van der Waals surface area contributed by atoms with Crippen LogP contribution in [0.4, 0.5) is 13.2 Å². The number of alkyl halides is 3. The zero-order chi connectivity index (χ0) is 27.1. The minimum absolute atomic E-state index is 0.193. The van der Waals surface area contributed by atoms with Gasteiger partial charge in [0.2, 0.25) is 17.7 Å². The quantitative estimate of drug-likeness (QED) is 0.153.